The van der Waals surface area contributed by atoms with Crippen molar-refractivity contribution in [3.8, 4) is 0 Å². The van der Waals surface area contributed by atoms with E-state index in [9.17, 15) is 0 Å². The molecule has 2 bridgehead atoms. The van der Waals surface area contributed by atoms with Crippen LogP contribution in [0.25, 0.3) is 0 Å². The summed E-state index contributed by atoms with van der Waals surface area (Å²) >= 11 is 0. The standard InChI is InChI=1S/C21H44O6Si2/c1-7-22-28(23-8-2,24-9-3)18-17-20-13-15-21(19-20,16-14-20)29(25-10-4,26-11-5)27-12-6/h7-19H2,1-6H3. The van der Waals surface area contributed by atoms with Crippen LogP contribution in [0.15, 0.2) is 0 Å². The monoisotopic (exact) mass is 448 g/mol. The lowest BCUT2D eigenvalue weighted by Gasteiger charge is -2.41. The molecule has 8 heteroatoms. The molecule has 0 aliphatic heterocycles. The number of fused-ring (bicyclic) bond motifs is 2. The molecule has 0 heterocycles. The van der Waals surface area contributed by atoms with Crippen molar-refractivity contribution in [2.75, 3.05) is 39.6 Å². The Balaban J connectivity index is 2.17. The summed E-state index contributed by atoms with van der Waals surface area (Å²) in [6.07, 6.45) is 6.95. The average Bonchev–Trinajstić information content (AvgIpc) is 3.26. The molecule has 2 aliphatic carbocycles. The van der Waals surface area contributed by atoms with Gasteiger partial charge in [0.15, 0.2) is 0 Å². The Hall–Kier alpha value is 0.194. The fourth-order valence-electron chi connectivity index (χ4n) is 5.66. The molecule has 0 amide bonds. The Kier molecular flexibility index (Phi) is 9.81. The van der Waals surface area contributed by atoms with E-state index >= 15 is 0 Å². The quantitative estimate of drug-likeness (QED) is 0.303. The van der Waals surface area contributed by atoms with Crippen molar-refractivity contribution in [2.24, 2.45) is 5.41 Å². The molecule has 29 heavy (non-hydrogen) atoms. The lowest BCUT2D eigenvalue weighted by molar-refractivity contribution is 0.0434. The minimum atomic E-state index is -2.72. The van der Waals surface area contributed by atoms with Crippen LogP contribution in [0, 0.1) is 5.41 Å². The van der Waals surface area contributed by atoms with E-state index in [0.29, 0.717) is 45.1 Å². The van der Waals surface area contributed by atoms with Crippen molar-refractivity contribution in [1.82, 2.24) is 0 Å². The summed E-state index contributed by atoms with van der Waals surface area (Å²) in [6, 6.07) is 0.894. The summed E-state index contributed by atoms with van der Waals surface area (Å²) in [7, 11) is -5.33. The van der Waals surface area contributed by atoms with Crippen LogP contribution < -0.4 is 0 Å². The third-order valence-electron chi connectivity index (χ3n) is 6.69. The highest BCUT2D eigenvalue weighted by Gasteiger charge is 2.69. The summed E-state index contributed by atoms with van der Waals surface area (Å²) in [5.74, 6) is 0. The molecular weight excluding hydrogens is 404 g/mol. The number of rotatable bonds is 16. The van der Waals surface area contributed by atoms with Crippen LogP contribution in [0.2, 0.25) is 11.1 Å². The van der Waals surface area contributed by atoms with E-state index in [4.69, 9.17) is 26.6 Å². The van der Waals surface area contributed by atoms with E-state index in [0.717, 1.165) is 31.7 Å². The molecular formula is C21H44O6Si2. The smallest absolute Gasteiger partial charge is 0.374 e. The average molecular weight is 449 g/mol. The van der Waals surface area contributed by atoms with Crippen molar-refractivity contribution in [3.63, 3.8) is 0 Å². The molecule has 0 N–H and O–H groups in total. The van der Waals surface area contributed by atoms with Crippen molar-refractivity contribution in [2.45, 2.75) is 91.1 Å². The Labute approximate surface area is 180 Å². The van der Waals surface area contributed by atoms with Crippen molar-refractivity contribution in [1.29, 1.82) is 0 Å². The van der Waals surface area contributed by atoms with Crippen molar-refractivity contribution < 1.29 is 26.6 Å². The maximum absolute atomic E-state index is 6.35. The molecule has 6 nitrogen and oxygen atoms in total. The van der Waals surface area contributed by atoms with E-state index in [1.54, 1.807) is 0 Å². The van der Waals surface area contributed by atoms with Crippen LogP contribution in [0.3, 0.4) is 0 Å². The maximum atomic E-state index is 6.35. The molecule has 172 valence electrons. The van der Waals surface area contributed by atoms with Gasteiger partial charge in [0.25, 0.3) is 0 Å². The molecule has 2 aliphatic rings. The van der Waals surface area contributed by atoms with E-state index < -0.39 is 17.6 Å². The van der Waals surface area contributed by atoms with Gasteiger partial charge in [-0.2, -0.15) is 0 Å². The van der Waals surface area contributed by atoms with E-state index in [2.05, 4.69) is 20.8 Å². The van der Waals surface area contributed by atoms with Crippen LogP contribution in [-0.2, 0) is 26.6 Å². The molecule has 0 atom stereocenters. The largest absolute Gasteiger partial charge is 0.507 e. The van der Waals surface area contributed by atoms with Crippen LogP contribution in [0.5, 0.6) is 0 Å². The molecule has 0 aromatic heterocycles. The van der Waals surface area contributed by atoms with Crippen LogP contribution in [-0.4, -0.2) is 57.3 Å². The first-order valence-electron chi connectivity index (χ1n) is 11.8. The minimum Gasteiger partial charge on any atom is -0.374 e. The second kappa shape index (κ2) is 11.2. The van der Waals surface area contributed by atoms with Gasteiger partial charge in [0, 0.05) is 50.7 Å². The predicted octanol–water partition coefficient (Wildman–Crippen LogP) is 5.18. The zero-order valence-electron chi connectivity index (χ0n) is 19.6. The zero-order chi connectivity index (χ0) is 21.4. The van der Waals surface area contributed by atoms with Gasteiger partial charge in [0.1, 0.15) is 0 Å². The summed E-state index contributed by atoms with van der Waals surface area (Å²) in [5.41, 5.74) is 0.313. The second-order valence-electron chi connectivity index (χ2n) is 8.29. The van der Waals surface area contributed by atoms with Crippen molar-refractivity contribution in [3.05, 3.63) is 0 Å². The number of hydrogen-bond donors (Lipinski definition) is 0. The number of hydrogen-bond acceptors (Lipinski definition) is 6. The molecule has 2 fully saturated rings. The Morgan fingerprint density at radius 1 is 0.586 bits per heavy atom. The van der Waals surface area contributed by atoms with Crippen molar-refractivity contribution >= 4 is 17.6 Å². The highest BCUT2D eigenvalue weighted by molar-refractivity contribution is 6.64. The Morgan fingerprint density at radius 3 is 1.38 bits per heavy atom. The van der Waals surface area contributed by atoms with Crippen LogP contribution in [0.4, 0.5) is 0 Å². The van der Waals surface area contributed by atoms with Gasteiger partial charge in [0.05, 0.1) is 0 Å². The fraction of sp³-hybridized carbons (Fsp3) is 1.00. The highest BCUT2D eigenvalue weighted by Crippen LogP contribution is 2.71. The van der Waals surface area contributed by atoms with E-state index in [1.807, 2.05) is 20.8 Å². The summed E-state index contributed by atoms with van der Waals surface area (Å²) in [6.45, 7) is 16.1. The van der Waals surface area contributed by atoms with Gasteiger partial charge in [-0.1, -0.05) is 0 Å². The predicted molar refractivity (Wildman–Crippen MR) is 119 cm³/mol. The second-order valence-corrected chi connectivity index (χ2v) is 14.1. The lowest BCUT2D eigenvalue weighted by Crippen LogP contribution is -2.55. The van der Waals surface area contributed by atoms with Gasteiger partial charge in [-0.3, -0.25) is 0 Å². The highest BCUT2D eigenvalue weighted by atomic mass is 28.4. The first-order chi connectivity index (χ1) is 13.9. The molecule has 0 radical (unpaired) electrons. The molecule has 0 unspecified atom stereocenters. The van der Waals surface area contributed by atoms with Gasteiger partial charge < -0.3 is 26.6 Å². The van der Waals surface area contributed by atoms with E-state index in [1.165, 1.54) is 12.8 Å². The molecule has 2 saturated carbocycles. The molecule has 0 aromatic carbocycles. The topological polar surface area (TPSA) is 55.4 Å². The summed E-state index contributed by atoms with van der Waals surface area (Å²) in [4.78, 5) is 0. The first kappa shape index (κ1) is 25.5. The third-order valence-corrected chi connectivity index (χ3v) is 13.7. The van der Waals surface area contributed by atoms with Gasteiger partial charge in [-0.05, 0) is 85.5 Å². The fourth-order valence-corrected chi connectivity index (χ4v) is 12.3. The third kappa shape index (κ3) is 5.34. The van der Waals surface area contributed by atoms with Gasteiger partial charge in [-0.15, -0.1) is 0 Å². The molecule has 0 spiro atoms. The van der Waals surface area contributed by atoms with E-state index in [-0.39, 0.29) is 5.04 Å². The molecule has 2 rings (SSSR count). The normalized spacial score (nSPS) is 27.1. The molecule has 0 saturated heterocycles. The Morgan fingerprint density at radius 2 is 1.00 bits per heavy atom. The van der Waals surface area contributed by atoms with Crippen LogP contribution >= 0.6 is 0 Å². The maximum Gasteiger partial charge on any atom is 0.507 e. The first-order valence-corrected chi connectivity index (χ1v) is 15.4. The van der Waals surface area contributed by atoms with Gasteiger partial charge in [-0.25, -0.2) is 0 Å². The minimum absolute atomic E-state index is 0.0715. The van der Waals surface area contributed by atoms with Crippen LogP contribution in [0.1, 0.15) is 80.1 Å². The lowest BCUT2D eigenvalue weighted by atomic mass is 9.82. The summed E-state index contributed by atoms with van der Waals surface area (Å²) < 4.78 is 37.4. The molecule has 0 aromatic rings. The summed E-state index contributed by atoms with van der Waals surface area (Å²) in [5, 5.41) is 0.0715. The zero-order valence-corrected chi connectivity index (χ0v) is 21.6. The van der Waals surface area contributed by atoms with Gasteiger partial charge >= 0.3 is 17.6 Å². The van der Waals surface area contributed by atoms with Gasteiger partial charge in [0.2, 0.25) is 0 Å². The SMILES string of the molecule is CCO[Si](CCC12CCC([Si](OCC)(OCC)OCC)(CC1)C2)(OCC)OCC. The Bertz CT molecular complexity index is 448.